The summed E-state index contributed by atoms with van der Waals surface area (Å²) in [6, 6.07) is -1.76. The summed E-state index contributed by atoms with van der Waals surface area (Å²) in [5, 5.41) is 11.4. The highest BCUT2D eigenvalue weighted by atomic mass is 16.4. The molecule has 0 bridgehead atoms. The first kappa shape index (κ1) is 11.8. The van der Waals surface area contributed by atoms with E-state index in [1.165, 1.54) is 5.01 Å². The molecule has 0 aromatic carbocycles. The summed E-state index contributed by atoms with van der Waals surface area (Å²) in [5.74, 6) is -1.79. The van der Waals surface area contributed by atoms with E-state index in [1.807, 2.05) is 0 Å². The van der Waals surface area contributed by atoms with Crippen LogP contribution < -0.4 is 5.73 Å². The van der Waals surface area contributed by atoms with Crippen LogP contribution in [0.15, 0.2) is 0 Å². The lowest BCUT2D eigenvalue weighted by Crippen LogP contribution is -2.61. The molecule has 0 aliphatic carbocycles. The normalized spacial score (nSPS) is 29.9. The molecule has 2 fully saturated rings. The number of aliphatic carboxylic acids is 1. The van der Waals surface area contributed by atoms with Gasteiger partial charge >= 0.3 is 5.97 Å². The van der Waals surface area contributed by atoms with Crippen LogP contribution in [0.4, 0.5) is 0 Å². The molecule has 0 radical (unpaired) electrons. The largest absolute Gasteiger partial charge is 0.480 e. The van der Waals surface area contributed by atoms with Crippen molar-refractivity contribution in [1.29, 1.82) is 0 Å². The Balaban J connectivity index is 2.34. The summed E-state index contributed by atoms with van der Waals surface area (Å²) in [5.41, 5.74) is 5.65. The van der Waals surface area contributed by atoms with E-state index in [0.29, 0.717) is 19.4 Å². The fraction of sp³-hybridized carbons (Fsp3) is 0.700. The fourth-order valence-electron chi connectivity index (χ4n) is 2.28. The van der Waals surface area contributed by atoms with Gasteiger partial charge in [0, 0.05) is 13.0 Å². The van der Waals surface area contributed by atoms with Crippen LogP contribution in [0.2, 0.25) is 0 Å². The maximum atomic E-state index is 12.0. The summed E-state index contributed by atoms with van der Waals surface area (Å²) in [7, 11) is 0. The second-order valence-electron chi connectivity index (χ2n) is 4.34. The number of hydrogen-bond donors (Lipinski definition) is 2. The third-order valence-electron chi connectivity index (χ3n) is 3.19. The van der Waals surface area contributed by atoms with Gasteiger partial charge in [-0.15, -0.1) is 0 Å². The van der Waals surface area contributed by atoms with Gasteiger partial charge in [-0.05, 0) is 19.3 Å². The third kappa shape index (κ3) is 1.97. The van der Waals surface area contributed by atoms with E-state index in [9.17, 15) is 14.4 Å². The molecule has 94 valence electrons. The Hall–Kier alpha value is -1.63. The van der Waals surface area contributed by atoms with Crippen LogP contribution in [0.5, 0.6) is 0 Å². The number of rotatable bonds is 1. The van der Waals surface area contributed by atoms with Crippen LogP contribution in [-0.2, 0) is 14.4 Å². The Bertz CT molecular complexity index is 371. The number of fused-ring (bicyclic) bond motifs is 1. The maximum absolute atomic E-state index is 12.0. The quantitative estimate of drug-likeness (QED) is 0.608. The Labute approximate surface area is 98.1 Å². The third-order valence-corrected chi connectivity index (χ3v) is 3.19. The molecule has 2 rings (SSSR count). The average Bonchev–Trinajstić information content (AvgIpc) is 2.42. The first-order valence-corrected chi connectivity index (χ1v) is 5.64. The molecule has 2 heterocycles. The van der Waals surface area contributed by atoms with Crippen molar-refractivity contribution < 1.29 is 19.5 Å². The molecule has 2 saturated heterocycles. The van der Waals surface area contributed by atoms with Crippen LogP contribution in [0.1, 0.15) is 25.7 Å². The molecule has 0 spiro atoms. The molecule has 1 unspecified atom stereocenters. The number of hydrazine groups is 1. The van der Waals surface area contributed by atoms with E-state index >= 15 is 0 Å². The smallest absolute Gasteiger partial charge is 0.328 e. The predicted molar refractivity (Wildman–Crippen MR) is 56.4 cm³/mol. The highest BCUT2D eigenvalue weighted by Gasteiger charge is 2.43. The van der Waals surface area contributed by atoms with Gasteiger partial charge in [0.2, 0.25) is 5.91 Å². The highest BCUT2D eigenvalue weighted by molar-refractivity contribution is 5.91. The number of amides is 2. The van der Waals surface area contributed by atoms with Crippen LogP contribution in [-0.4, -0.2) is 51.5 Å². The summed E-state index contributed by atoms with van der Waals surface area (Å²) in [4.78, 5) is 34.9. The van der Waals surface area contributed by atoms with Gasteiger partial charge in [0.15, 0.2) is 6.04 Å². The topological polar surface area (TPSA) is 104 Å². The molecular formula is C10H15N3O4. The zero-order valence-corrected chi connectivity index (χ0v) is 9.33. The molecule has 0 saturated carbocycles. The summed E-state index contributed by atoms with van der Waals surface area (Å²) < 4.78 is 0. The highest BCUT2D eigenvalue weighted by Crippen LogP contribution is 2.24. The van der Waals surface area contributed by atoms with Crippen molar-refractivity contribution in [2.75, 3.05) is 6.54 Å². The zero-order valence-electron chi connectivity index (χ0n) is 9.33. The summed E-state index contributed by atoms with van der Waals surface area (Å²) >= 11 is 0. The number of carboxylic acid groups (broad SMARTS) is 1. The minimum absolute atomic E-state index is 0.190. The van der Waals surface area contributed by atoms with Crippen molar-refractivity contribution >= 4 is 17.8 Å². The zero-order chi connectivity index (χ0) is 12.6. The number of hydrogen-bond acceptors (Lipinski definition) is 4. The Morgan fingerprint density at radius 2 is 2.06 bits per heavy atom. The maximum Gasteiger partial charge on any atom is 0.328 e. The molecule has 17 heavy (non-hydrogen) atoms. The van der Waals surface area contributed by atoms with Gasteiger partial charge in [0.25, 0.3) is 5.91 Å². The van der Waals surface area contributed by atoms with Gasteiger partial charge in [-0.25, -0.2) is 9.80 Å². The second kappa shape index (κ2) is 4.33. The first-order valence-electron chi connectivity index (χ1n) is 5.64. The summed E-state index contributed by atoms with van der Waals surface area (Å²) in [6.07, 6.45) is 1.41. The molecule has 0 aromatic heterocycles. The lowest BCUT2D eigenvalue weighted by molar-refractivity contribution is -0.180. The van der Waals surface area contributed by atoms with E-state index in [2.05, 4.69) is 0 Å². The number of nitrogens with two attached hydrogens (primary N) is 1. The van der Waals surface area contributed by atoms with Gasteiger partial charge in [-0.1, -0.05) is 0 Å². The van der Waals surface area contributed by atoms with E-state index in [4.69, 9.17) is 10.8 Å². The Morgan fingerprint density at radius 3 is 2.71 bits per heavy atom. The standard InChI is InChI=1S/C10H15N3O4/c11-6-3-4-8(14)12-5-1-2-7(10(16)17)13(12)9(6)15/h6-7H,1-5,11H2,(H,16,17)/t6-,7?/m0/s1. The van der Waals surface area contributed by atoms with Crippen molar-refractivity contribution in [1.82, 2.24) is 10.0 Å². The SMILES string of the molecule is N[C@H]1CCC(=O)N2CCCC(C(=O)O)N2C1=O. The molecule has 2 amide bonds. The summed E-state index contributed by atoms with van der Waals surface area (Å²) in [6.45, 7) is 0.390. The van der Waals surface area contributed by atoms with E-state index in [0.717, 1.165) is 5.01 Å². The van der Waals surface area contributed by atoms with Gasteiger partial charge in [0.05, 0.1) is 6.04 Å². The van der Waals surface area contributed by atoms with Crippen molar-refractivity contribution in [3.05, 3.63) is 0 Å². The lowest BCUT2D eigenvalue weighted by atomic mass is 10.1. The van der Waals surface area contributed by atoms with Gasteiger partial charge in [0.1, 0.15) is 0 Å². The van der Waals surface area contributed by atoms with Gasteiger partial charge in [-0.2, -0.15) is 0 Å². The van der Waals surface area contributed by atoms with Gasteiger partial charge in [-0.3, -0.25) is 14.6 Å². The van der Waals surface area contributed by atoms with Crippen LogP contribution in [0, 0.1) is 0 Å². The number of carbonyl (C=O) groups is 3. The fourth-order valence-corrected chi connectivity index (χ4v) is 2.28. The number of carbonyl (C=O) groups excluding carboxylic acids is 2. The van der Waals surface area contributed by atoms with Crippen LogP contribution in [0.3, 0.4) is 0 Å². The van der Waals surface area contributed by atoms with Crippen LogP contribution in [0.25, 0.3) is 0 Å². The van der Waals surface area contributed by atoms with Crippen molar-refractivity contribution in [3.63, 3.8) is 0 Å². The lowest BCUT2D eigenvalue weighted by Gasteiger charge is -2.41. The predicted octanol–water partition coefficient (Wildman–Crippen LogP) is -1.07. The van der Waals surface area contributed by atoms with Crippen molar-refractivity contribution in [3.8, 4) is 0 Å². The first-order chi connectivity index (χ1) is 8.02. The molecule has 7 heteroatoms. The Morgan fingerprint density at radius 1 is 1.35 bits per heavy atom. The molecular weight excluding hydrogens is 226 g/mol. The second-order valence-corrected chi connectivity index (χ2v) is 4.34. The van der Waals surface area contributed by atoms with Gasteiger partial charge < -0.3 is 10.8 Å². The number of nitrogens with zero attached hydrogens (tertiary/aromatic N) is 2. The molecule has 3 N–H and O–H groups in total. The minimum atomic E-state index is -1.09. The molecule has 2 aliphatic heterocycles. The van der Waals surface area contributed by atoms with E-state index in [-0.39, 0.29) is 18.7 Å². The Kier molecular flexibility index (Phi) is 3.01. The van der Waals surface area contributed by atoms with Crippen LogP contribution >= 0.6 is 0 Å². The molecule has 2 aliphatic rings. The molecule has 0 aromatic rings. The van der Waals surface area contributed by atoms with E-state index in [1.54, 1.807) is 0 Å². The van der Waals surface area contributed by atoms with Crippen molar-refractivity contribution in [2.45, 2.75) is 37.8 Å². The number of carboxylic acids is 1. The molecule has 2 atom stereocenters. The minimum Gasteiger partial charge on any atom is -0.480 e. The van der Waals surface area contributed by atoms with Crippen molar-refractivity contribution in [2.24, 2.45) is 5.73 Å². The molecule has 7 nitrogen and oxygen atoms in total. The monoisotopic (exact) mass is 241 g/mol. The van der Waals surface area contributed by atoms with E-state index < -0.39 is 24.0 Å². The average molecular weight is 241 g/mol.